The van der Waals surface area contributed by atoms with Crippen molar-refractivity contribution in [2.45, 2.75) is 6.92 Å². The maximum atomic E-state index is 12.6. The normalized spacial score (nSPS) is 13.0. The minimum atomic E-state index is -0.0666. The second-order valence-corrected chi connectivity index (χ2v) is 8.64. The molecule has 2 aromatic heterocycles. The molecule has 35 heavy (non-hydrogen) atoms. The lowest BCUT2D eigenvalue weighted by molar-refractivity contribution is 0.415. The summed E-state index contributed by atoms with van der Waals surface area (Å²) in [7, 11) is 5.40. The first-order chi connectivity index (χ1) is 16.8. The van der Waals surface area contributed by atoms with Crippen molar-refractivity contribution in [3.63, 3.8) is 0 Å². The highest BCUT2D eigenvalue weighted by atomic mass is 16.5. The Balaban J connectivity index is 1.77. The Morgan fingerprint density at radius 2 is 1.77 bits per heavy atom. The molecule has 0 aliphatic carbocycles. The summed E-state index contributed by atoms with van der Waals surface area (Å²) >= 11 is 0. The van der Waals surface area contributed by atoms with Crippen molar-refractivity contribution >= 4 is 28.0 Å². The van der Waals surface area contributed by atoms with Crippen LogP contribution in [-0.4, -0.2) is 46.9 Å². The van der Waals surface area contributed by atoms with Crippen molar-refractivity contribution in [3.05, 3.63) is 64.2 Å². The number of nitriles is 1. The van der Waals surface area contributed by atoms with Crippen molar-refractivity contribution in [2.24, 2.45) is 7.05 Å². The van der Waals surface area contributed by atoms with Gasteiger partial charge in [0.15, 0.2) is 0 Å². The molecular weight excluding hydrogens is 444 g/mol. The van der Waals surface area contributed by atoms with Gasteiger partial charge >= 0.3 is 6.01 Å². The summed E-state index contributed by atoms with van der Waals surface area (Å²) in [6.45, 7) is 3.26. The maximum Gasteiger partial charge on any atom is 0.467 e. The van der Waals surface area contributed by atoms with E-state index in [1.807, 2.05) is 44.3 Å². The highest BCUT2D eigenvalue weighted by Crippen LogP contribution is 2.44. The predicted octanol–water partition coefficient (Wildman–Crippen LogP) is 3.21. The third-order valence-electron chi connectivity index (χ3n) is 6.56. The molecule has 9 heteroatoms. The van der Waals surface area contributed by atoms with Crippen LogP contribution in [0.1, 0.15) is 11.1 Å². The summed E-state index contributed by atoms with van der Waals surface area (Å²) in [4.78, 5) is 24.9. The van der Waals surface area contributed by atoms with E-state index in [0.717, 1.165) is 34.5 Å². The van der Waals surface area contributed by atoms with Gasteiger partial charge in [0.2, 0.25) is 0 Å². The summed E-state index contributed by atoms with van der Waals surface area (Å²) in [6, 6.07) is 11.9. The highest BCUT2D eigenvalue weighted by Gasteiger charge is 2.26. The van der Waals surface area contributed by atoms with Crippen molar-refractivity contribution < 1.29 is 9.84 Å². The van der Waals surface area contributed by atoms with Crippen molar-refractivity contribution in [3.8, 4) is 29.0 Å². The van der Waals surface area contributed by atoms with Gasteiger partial charge in [0.05, 0.1) is 41.3 Å². The van der Waals surface area contributed by atoms with E-state index in [1.54, 1.807) is 31.1 Å². The number of ether oxygens (including phenoxy) is 1. The van der Waals surface area contributed by atoms with Crippen molar-refractivity contribution in [2.75, 3.05) is 37.0 Å². The number of pyridine rings is 1. The number of fused-ring (bicyclic) bond motifs is 2. The lowest BCUT2D eigenvalue weighted by atomic mass is 9.98. The number of likely N-dealkylation sites (N-methyl/N-ethyl adjacent to an activating group) is 1. The fraction of sp³-hybridized carbons (Fsp3) is 0.231. The molecular formula is C26H25N6O3+. The number of hydrogen-bond acceptors (Lipinski definition) is 7. The minimum absolute atomic E-state index is 0.0483. The molecule has 0 amide bonds. The minimum Gasteiger partial charge on any atom is -0.563 e. The van der Waals surface area contributed by atoms with Crippen LogP contribution in [0.5, 0.6) is 11.8 Å². The largest absolute Gasteiger partial charge is 0.563 e. The number of aromatic nitrogens is 3. The Morgan fingerprint density at radius 3 is 2.46 bits per heavy atom. The number of aryl methyl sites for hydroxylation is 2. The van der Waals surface area contributed by atoms with E-state index in [4.69, 9.17) is 9.84 Å². The van der Waals surface area contributed by atoms with E-state index in [1.165, 1.54) is 0 Å². The molecule has 176 valence electrons. The first-order valence-corrected chi connectivity index (χ1v) is 11.1. The third kappa shape index (κ3) is 3.60. The molecule has 0 saturated carbocycles. The zero-order valence-electron chi connectivity index (χ0n) is 20.0. The SMILES string of the molecule is COc1cc(N2CCN(C)c3cc(-c4cnc([OH2+])nc4)c(C#N)cc32)c2cc(C)c(=O)n(C)c2c1. The number of methoxy groups -OCH3 is 1. The predicted molar refractivity (Wildman–Crippen MR) is 136 cm³/mol. The molecule has 2 N–H and O–H groups in total. The molecule has 0 bridgehead atoms. The Morgan fingerprint density at radius 1 is 1.03 bits per heavy atom. The van der Waals surface area contributed by atoms with Gasteiger partial charge in [-0.1, -0.05) is 0 Å². The molecule has 4 aromatic rings. The van der Waals surface area contributed by atoms with Gasteiger partial charge in [-0.3, -0.25) is 4.79 Å². The first-order valence-electron chi connectivity index (χ1n) is 11.1. The molecule has 9 nitrogen and oxygen atoms in total. The molecule has 0 spiro atoms. The number of anilines is 3. The van der Waals surface area contributed by atoms with Crippen LogP contribution in [0.15, 0.2) is 47.5 Å². The maximum absolute atomic E-state index is 12.6. The zero-order chi connectivity index (χ0) is 24.9. The van der Waals surface area contributed by atoms with Crippen molar-refractivity contribution in [1.29, 1.82) is 5.26 Å². The molecule has 0 radical (unpaired) electrons. The van der Waals surface area contributed by atoms with Crippen LogP contribution in [0.25, 0.3) is 22.0 Å². The zero-order valence-corrected chi connectivity index (χ0v) is 20.0. The number of nitrogens with zero attached hydrogens (tertiary/aromatic N) is 6. The quantitative estimate of drug-likeness (QED) is 0.424. The summed E-state index contributed by atoms with van der Waals surface area (Å²) in [5, 5.41) is 18.5. The van der Waals surface area contributed by atoms with E-state index in [2.05, 4.69) is 25.8 Å². The topological polar surface area (TPSA) is 110 Å². The van der Waals surface area contributed by atoms with Crippen LogP contribution in [0, 0.1) is 18.3 Å². The lowest BCUT2D eigenvalue weighted by Gasteiger charge is -2.38. The summed E-state index contributed by atoms with van der Waals surface area (Å²) in [6.07, 6.45) is 3.13. The summed E-state index contributed by atoms with van der Waals surface area (Å²) in [5.41, 5.74) is 6.03. The Kier molecular flexibility index (Phi) is 5.29. The summed E-state index contributed by atoms with van der Waals surface area (Å²) < 4.78 is 7.23. The average molecular weight is 470 g/mol. The Labute approximate surface area is 202 Å². The van der Waals surface area contributed by atoms with Gasteiger partial charge in [-0.05, 0) is 25.1 Å². The van der Waals surface area contributed by atoms with E-state index in [9.17, 15) is 10.1 Å². The molecule has 1 aliphatic rings. The Hall–Kier alpha value is -4.58. The smallest absolute Gasteiger partial charge is 0.467 e. The van der Waals surface area contributed by atoms with E-state index in [-0.39, 0.29) is 11.6 Å². The van der Waals surface area contributed by atoms with Crippen LogP contribution >= 0.6 is 0 Å². The number of rotatable bonds is 3. The number of benzene rings is 2. The standard InChI is InChI=1S/C26H24N6O3/c1-15-7-20-21(31(3)25(15)33)9-18(35-4)10-22(20)32-6-5-30(2)23-11-19(16(12-27)8-24(23)32)17-13-28-26(34)29-14-17/h7-11,13-14H,5-6H2,1-4H3,(H,28,29,34)/p+1. The second kappa shape index (κ2) is 8.33. The third-order valence-corrected chi connectivity index (χ3v) is 6.56. The highest BCUT2D eigenvalue weighted by molar-refractivity contribution is 5.98. The molecule has 5 rings (SSSR count). The van der Waals surface area contributed by atoms with Gasteiger partial charge in [0, 0.05) is 73.8 Å². The van der Waals surface area contributed by atoms with Crippen LogP contribution in [-0.2, 0) is 7.05 Å². The average Bonchev–Trinajstić information content (AvgIpc) is 2.87. The summed E-state index contributed by atoms with van der Waals surface area (Å²) in [5.74, 6) is 0.650. The lowest BCUT2D eigenvalue weighted by Crippen LogP contribution is -2.37. The molecule has 3 heterocycles. The molecule has 0 saturated heterocycles. The van der Waals surface area contributed by atoms with Gasteiger partial charge in [0.1, 0.15) is 5.75 Å². The van der Waals surface area contributed by atoms with Gasteiger partial charge in [-0.2, -0.15) is 15.2 Å². The molecule has 1 aliphatic heterocycles. The first kappa shape index (κ1) is 22.2. The molecule has 0 unspecified atom stereocenters. The van der Waals surface area contributed by atoms with Gasteiger partial charge in [-0.15, -0.1) is 0 Å². The fourth-order valence-corrected chi connectivity index (χ4v) is 4.65. The van der Waals surface area contributed by atoms with Crippen LogP contribution in [0.3, 0.4) is 0 Å². The van der Waals surface area contributed by atoms with E-state index in [0.29, 0.717) is 34.5 Å². The van der Waals surface area contributed by atoms with Crippen LogP contribution < -0.4 is 20.1 Å². The second-order valence-electron chi connectivity index (χ2n) is 8.64. The molecule has 0 atom stereocenters. The van der Waals surface area contributed by atoms with Crippen LogP contribution in [0.2, 0.25) is 0 Å². The fourth-order valence-electron chi connectivity index (χ4n) is 4.65. The van der Waals surface area contributed by atoms with E-state index >= 15 is 0 Å². The van der Waals surface area contributed by atoms with Crippen LogP contribution in [0.4, 0.5) is 17.1 Å². The number of hydrogen-bond donors (Lipinski definition) is 0. The monoisotopic (exact) mass is 469 g/mol. The molecule has 2 aromatic carbocycles. The molecule has 0 fully saturated rings. The van der Waals surface area contributed by atoms with E-state index < -0.39 is 0 Å². The van der Waals surface area contributed by atoms with Gasteiger partial charge in [0.25, 0.3) is 5.56 Å². The van der Waals surface area contributed by atoms with Gasteiger partial charge in [-0.25, -0.2) is 0 Å². The van der Waals surface area contributed by atoms with Crippen molar-refractivity contribution in [1.82, 2.24) is 14.5 Å². The van der Waals surface area contributed by atoms with Gasteiger partial charge < -0.3 is 24.2 Å². The Bertz CT molecular complexity index is 1570.